The molecule has 11 heteroatoms. The third-order valence-electron chi connectivity index (χ3n) is 6.25. The molecule has 6 aromatic rings. The van der Waals surface area contributed by atoms with Crippen LogP contribution in [0.5, 0.6) is 0 Å². The van der Waals surface area contributed by atoms with Crippen LogP contribution in [0.1, 0.15) is 10.4 Å². The van der Waals surface area contributed by atoms with Crippen LogP contribution in [-0.2, 0) is 13.2 Å². The molecule has 194 valence electrons. The van der Waals surface area contributed by atoms with E-state index in [0.717, 1.165) is 39.8 Å². The number of rotatable bonds is 4. The number of thiophene rings is 1. The summed E-state index contributed by atoms with van der Waals surface area (Å²) in [5.41, 5.74) is 8.32. The minimum atomic E-state index is -4.47. The van der Waals surface area contributed by atoms with E-state index in [1.54, 1.807) is 13.1 Å². The number of alkyl halides is 3. The minimum absolute atomic E-state index is 0.00622. The topological polar surface area (TPSA) is 104 Å². The highest BCUT2D eigenvalue weighted by Crippen LogP contribution is 2.43. The molecule has 2 N–H and O–H groups in total. The van der Waals surface area contributed by atoms with E-state index in [4.69, 9.17) is 15.2 Å². The maximum absolute atomic E-state index is 13.3. The molecule has 3 aromatic carbocycles. The maximum Gasteiger partial charge on any atom is 0.416 e. The first kappa shape index (κ1) is 24.6. The van der Waals surface area contributed by atoms with Gasteiger partial charge in [-0.1, -0.05) is 59.3 Å². The van der Waals surface area contributed by atoms with Crippen LogP contribution in [0.15, 0.2) is 88.5 Å². The van der Waals surface area contributed by atoms with Gasteiger partial charge in [-0.25, -0.2) is 9.98 Å². The van der Waals surface area contributed by atoms with Crippen LogP contribution >= 0.6 is 11.3 Å². The molecular weight excluding hydrogens is 527 g/mol. The Balaban J connectivity index is 1.60. The molecule has 6 rings (SSSR count). The number of nitrogens with zero attached hydrogens (tertiary/aromatic N) is 4. The SMILES string of the molecule is C[n+]1cc(/N=C(\[O-])c2sc3nc(-c4cccc5ccccc45)cc(-c4ccc(C(F)(F)F)cc4)c3c2N)on1. The lowest BCUT2D eigenvalue weighted by molar-refractivity contribution is -0.739. The maximum atomic E-state index is 13.3. The Bertz CT molecular complexity index is 1890. The highest BCUT2D eigenvalue weighted by atomic mass is 32.1. The second-order valence-corrected chi connectivity index (χ2v) is 9.81. The number of hydrogen-bond donors (Lipinski definition) is 1. The number of anilines is 1. The number of aryl methyl sites for hydroxylation is 1. The Labute approximate surface area is 223 Å². The van der Waals surface area contributed by atoms with E-state index in [9.17, 15) is 18.3 Å². The van der Waals surface area contributed by atoms with Crippen molar-refractivity contribution in [1.82, 2.24) is 10.3 Å². The number of benzene rings is 3. The van der Waals surface area contributed by atoms with Gasteiger partial charge in [-0.3, -0.25) is 4.52 Å². The molecule has 3 heterocycles. The van der Waals surface area contributed by atoms with E-state index in [1.165, 1.54) is 23.0 Å². The third-order valence-corrected chi connectivity index (χ3v) is 7.34. The number of pyridine rings is 1. The summed E-state index contributed by atoms with van der Waals surface area (Å²) in [5.74, 6) is -0.635. The van der Waals surface area contributed by atoms with E-state index in [0.29, 0.717) is 27.0 Å². The number of aliphatic imine (C=N–C) groups is 1. The lowest BCUT2D eigenvalue weighted by Crippen LogP contribution is -2.27. The summed E-state index contributed by atoms with van der Waals surface area (Å²) in [5, 5.41) is 19.1. The lowest BCUT2D eigenvalue weighted by Gasteiger charge is -2.12. The highest BCUT2D eigenvalue weighted by molar-refractivity contribution is 7.21. The van der Waals surface area contributed by atoms with Gasteiger partial charge in [0.1, 0.15) is 4.83 Å². The second-order valence-electron chi connectivity index (χ2n) is 8.81. The van der Waals surface area contributed by atoms with Gasteiger partial charge in [0.15, 0.2) is 12.3 Å². The fourth-order valence-electron chi connectivity index (χ4n) is 4.45. The number of nitrogen functional groups attached to an aromatic ring is 1. The number of hydrogen-bond acceptors (Lipinski definition) is 7. The van der Waals surface area contributed by atoms with E-state index in [-0.39, 0.29) is 16.4 Å². The molecule has 0 amide bonds. The largest absolute Gasteiger partial charge is 0.857 e. The average molecular weight is 546 g/mol. The fraction of sp³-hybridized carbons (Fsp3) is 0.0714. The molecule has 3 aromatic heterocycles. The van der Waals surface area contributed by atoms with Crippen molar-refractivity contribution < 1.29 is 27.5 Å². The summed E-state index contributed by atoms with van der Waals surface area (Å²) >= 11 is 1.06. The summed E-state index contributed by atoms with van der Waals surface area (Å²) < 4.78 is 46.1. The van der Waals surface area contributed by atoms with Crippen molar-refractivity contribution in [2.75, 3.05) is 5.73 Å². The van der Waals surface area contributed by atoms with Crippen molar-refractivity contribution in [3.63, 3.8) is 0 Å². The summed E-state index contributed by atoms with van der Waals surface area (Å²) in [6.07, 6.45) is -3.04. The van der Waals surface area contributed by atoms with Crippen LogP contribution in [0.4, 0.5) is 24.7 Å². The Morgan fingerprint density at radius 1 is 1.03 bits per heavy atom. The molecule has 0 atom stereocenters. The molecule has 0 saturated carbocycles. The van der Waals surface area contributed by atoms with Gasteiger partial charge in [0.2, 0.25) is 0 Å². The molecule has 0 aliphatic heterocycles. The molecule has 39 heavy (non-hydrogen) atoms. The van der Waals surface area contributed by atoms with Gasteiger partial charge < -0.3 is 10.8 Å². The average Bonchev–Trinajstić information content (AvgIpc) is 3.49. The summed E-state index contributed by atoms with van der Waals surface area (Å²) in [6.45, 7) is 0. The van der Waals surface area contributed by atoms with E-state index < -0.39 is 17.6 Å². The first-order chi connectivity index (χ1) is 18.7. The molecule has 0 bridgehead atoms. The molecule has 0 aliphatic rings. The Kier molecular flexibility index (Phi) is 5.80. The monoisotopic (exact) mass is 545 g/mol. The van der Waals surface area contributed by atoms with Crippen LogP contribution in [0.3, 0.4) is 0 Å². The van der Waals surface area contributed by atoms with Crippen molar-refractivity contribution in [1.29, 1.82) is 0 Å². The first-order valence-electron chi connectivity index (χ1n) is 11.7. The van der Waals surface area contributed by atoms with Crippen molar-refractivity contribution in [3.05, 3.63) is 89.4 Å². The van der Waals surface area contributed by atoms with Crippen molar-refractivity contribution in [2.24, 2.45) is 12.0 Å². The molecule has 0 aliphatic carbocycles. The number of fused-ring (bicyclic) bond motifs is 2. The van der Waals surface area contributed by atoms with Crippen LogP contribution in [-0.4, -0.2) is 16.2 Å². The highest BCUT2D eigenvalue weighted by Gasteiger charge is 2.30. The standard InChI is InChI=1S/C28H18F3N5O2S/c1-36-14-22(38-35-36)34-26(37)25-24(32)23-20(16-9-11-17(12-10-16)28(29,30)31)13-21(33-27(23)39-25)19-8-4-6-15-5-2-3-7-18(15)19/h2-14H,1H3,(H2-,32,34,35,37). The van der Waals surface area contributed by atoms with Gasteiger partial charge in [0.25, 0.3) is 6.20 Å². The van der Waals surface area contributed by atoms with Crippen molar-refractivity contribution in [2.45, 2.75) is 6.18 Å². The summed E-state index contributed by atoms with van der Waals surface area (Å²) in [7, 11) is 1.62. The van der Waals surface area contributed by atoms with Gasteiger partial charge in [-0.05, 0) is 40.1 Å². The van der Waals surface area contributed by atoms with Crippen LogP contribution in [0, 0.1) is 0 Å². The molecule has 0 spiro atoms. The summed E-state index contributed by atoms with van der Waals surface area (Å²) in [6, 6.07) is 20.3. The van der Waals surface area contributed by atoms with Crippen LogP contribution < -0.4 is 15.5 Å². The molecule has 0 unspecified atom stereocenters. The van der Waals surface area contributed by atoms with E-state index in [1.807, 2.05) is 42.5 Å². The number of nitrogens with two attached hydrogens (primary N) is 1. The first-order valence-corrected chi connectivity index (χ1v) is 12.5. The predicted molar refractivity (Wildman–Crippen MR) is 141 cm³/mol. The lowest BCUT2D eigenvalue weighted by atomic mass is 9.96. The zero-order valence-electron chi connectivity index (χ0n) is 20.2. The normalized spacial score (nSPS) is 12.5. The Morgan fingerprint density at radius 2 is 1.77 bits per heavy atom. The van der Waals surface area contributed by atoms with Gasteiger partial charge in [0.05, 0.1) is 21.8 Å². The van der Waals surface area contributed by atoms with E-state index in [2.05, 4.69) is 10.3 Å². The van der Waals surface area contributed by atoms with E-state index >= 15 is 0 Å². The predicted octanol–water partition coefficient (Wildman–Crippen LogP) is 5.64. The molecule has 0 saturated heterocycles. The number of aromatic nitrogens is 3. The molecule has 0 fully saturated rings. The van der Waals surface area contributed by atoms with Crippen molar-refractivity contribution >= 4 is 49.8 Å². The molecule has 0 radical (unpaired) electrons. The minimum Gasteiger partial charge on any atom is -0.857 e. The fourth-order valence-corrected chi connectivity index (χ4v) is 5.45. The van der Waals surface area contributed by atoms with Crippen LogP contribution in [0.25, 0.3) is 43.4 Å². The smallest absolute Gasteiger partial charge is 0.416 e. The zero-order chi connectivity index (χ0) is 27.3. The van der Waals surface area contributed by atoms with Gasteiger partial charge in [-0.15, -0.1) is 11.3 Å². The van der Waals surface area contributed by atoms with Gasteiger partial charge in [-0.2, -0.15) is 13.2 Å². The molecular formula is C28H18F3N5O2S. The van der Waals surface area contributed by atoms with Gasteiger partial charge >= 0.3 is 12.1 Å². The quantitative estimate of drug-likeness (QED) is 0.176. The Hall–Kier alpha value is -4.77. The van der Waals surface area contributed by atoms with Crippen molar-refractivity contribution in [3.8, 4) is 22.4 Å². The third kappa shape index (κ3) is 4.46. The van der Waals surface area contributed by atoms with Gasteiger partial charge in [0, 0.05) is 16.8 Å². The second kappa shape index (κ2) is 9.21. The molecule has 7 nitrogen and oxygen atoms in total. The Morgan fingerprint density at radius 3 is 2.49 bits per heavy atom. The van der Waals surface area contributed by atoms with Crippen LogP contribution in [0.2, 0.25) is 0 Å². The zero-order valence-corrected chi connectivity index (χ0v) is 21.0. The summed E-state index contributed by atoms with van der Waals surface area (Å²) in [4.78, 5) is 9.39. The number of halogens is 3.